The van der Waals surface area contributed by atoms with Gasteiger partial charge in [-0.15, -0.1) is 0 Å². The van der Waals surface area contributed by atoms with Crippen LogP contribution in [0, 0.1) is 0 Å². The van der Waals surface area contributed by atoms with E-state index in [1.807, 2.05) is 19.1 Å². The average molecular weight is 244 g/mol. The predicted molar refractivity (Wildman–Crippen MR) is 59.2 cm³/mol. The van der Waals surface area contributed by atoms with Crippen molar-refractivity contribution in [1.29, 1.82) is 0 Å². The van der Waals surface area contributed by atoms with Crippen LogP contribution >= 0.6 is 11.6 Å². The number of hydrogen-bond donors (Lipinski definition) is 0. The summed E-state index contributed by atoms with van der Waals surface area (Å²) in [5.41, 5.74) is 1.48. The highest BCUT2D eigenvalue weighted by molar-refractivity contribution is 6.30. The summed E-state index contributed by atoms with van der Waals surface area (Å²) < 4.78 is 15.3. The number of methoxy groups -OCH3 is 1. The topological polar surface area (TPSA) is 43.9 Å². The second-order valence-electron chi connectivity index (χ2n) is 3.92. The maximum atomic E-state index is 6.05. The van der Waals surface area contributed by atoms with Gasteiger partial charge in [0.25, 0.3) is 0 Å². The van der Waals surface area contributed by atoms with E-state index < -0.39 is 0 Å². The molecular weight excluding hydrogens is 230 g/mol. The zero-order valence-corrected chi connectivity index (χ0v) is 10.1. The Labute approximate surface area is 99.5 Å². The van der Waals surface area contributed by atoms with E-state index in [4.69, 9.17) is 25.8 Å². The van der Waals surface area contributed by atoms with Crippen LogP contribution in [-0.2, 0) is 26.4 Å². The van der Waals surface area contributed by atoms with Crippen LogP contribution in [0.4, 0.5) is 0 Å². The van der Waals surface area contributed by atoms with E-state index in [-0.39, 0.29) is 12.4 Å². The molecule has 0 radical (unpaired) electrons. The first-order chi connectivity index (χ1) is 7.65. The van der Waals surface area contributed by atoms with Gasteiger partial charge in [-0.3, -0.25) is 0 Å². The van der Waals surface area contributed by atoms with Crippen LogP contribution < -0.4 is 0 Å². The van der Waals surface area contributed by atoms with Crippen molar-refractivity contribution in [3.05, 3.63) is 28.5 Å². The van der Waals surface area contributed by atoms with Crippen molar-refractivity contribution < 1.29 is 14.2 Å². The van der Waals surface area contributed by atoms with Gasteiger partial charge >= 0.3 is 0 Å². The third kappa shape index (κ3) is 2.52. The number of hydrogen-bond acceptors (Lipinski definition) is 4. The van der Waals surface area contributed by atoms with Gasteiger partial charge in [-0.25, -0.2) is 4.98 Å². The van der Waals surface area contributed by atoms with Crippen molar-refractivity contribution in [3.63, 3.8) is 0 Å². The molecule has 0 amide bonds. The molecule has 0 spiro atoms. The van der Waals surface area contributed by atoms with Crippen LogP contribution in [0.15, 0.2) is 12.1 Å². The lowest BCUT2D eigenvalue weighted by molar-refractivity contribution is -0.0391. The van der Waals surface area contributed by atoms with Gasteiger partial charge in [-0.05, 0) is 13.0 Å². The number of epoxide rings is 1. The lowest BCUT2D eigenvalue weighted by Gasteiger charge is -2.08. The fraction of sp³-hybridized carbons (Fsp3) is 0.545. The fourth-order valence-electron chi connectivity index (χ4n) is 1.36. The van der Waals surface area contributed by atoms with E-state index >= 15 is 0 Å². The highest BCUT2D eigenvalue weighted by Crippen LogP contribution is 2.37. The smallest absolute Gasteiger partial charge is 0.146 e. The first-order valence-corrected chi connectivity index (χ1v) is 5.40. The molecule has 0 N–H and O–H groups in total. The highest BCUT2D eigenvalue weighted by atomic mass is 35.5. The van der Waals surface area contributed by atoms with Gasteiger partial charge in [-0.2, -0.15) is 0 Å². The summed E-state index contributed by atoms with van der Waals surface area (Å²) >= 11 is 6.05. The molecule has 1 aromatic rings. The van der Waals surface area contributed by atoms with Gasteiger partial charge < -0.3 is 14.2 Å². The number of halogens is 1. The third-order valence-corrected chi connectivity index (χ3v) is 2.83. The van der Waals surface area contributed by atoms with Gasteiger partial charge in [0.2, 0.25) is 0 Å². The lowest BCUT2D eigenvalue weighted by Crippen LogP contribution is -2.07. The Morgan fingerprint density at radius 1 is 1.56 bits per heavy atom. The summed E-state index contributed by atoms with van der Waals surface area (Å²) in [5.74, 6) is 0. The average Bonchev–Trinajstić information content (AvgIpc) is 3.00. The molecule has 16 heavy (non-hydrogen) atoms. The first kappa shape index (κ1) is 11.8. The second-order valence-corrected chi connectivity index (χ2v) is 4.28. The number of pyridine rings is 1. The van der Waals surface area contributed by atoms with Crippen molar-refractivity contribution in [3.8, 4) is 0 Å². The van der Waals surface area contributed by atoms with E-state index in [1.54, 1.807) is 7.11 Å². The Kier molecular flexibility index (Phi) is 3.44. The predicted octanol–water partition coefficient (Wildman–Crippen LogP) is 2.10. The molecule has 4 nitrogen and oxygen atoms in total. The molecule has 1 aliphatic rings. The van der Waals surface area contributed by atoms with Crippen molar-refractivity contribution in [2.45, 2.75) is 19.1 Å². The molecule has 1 fully saturated rings. The Balaban J connectivity index is 2.05. The van der Waals surface area contributed by atoms with Crippen molar-refractivity contribution >= 4 is 11.6 Å². The van der Waals surface area contributed by atoms with Gasteiger partial charge in [-0.1, -0.05) is 17.7 Å². The SMILES string of the molecule is COCOCc1ccc(C2(C)CO2)nc1Cl. The van der Waals surface area contributed by atoms with Crippen molar-refractivity contribution in [2.24, 2.45) is 0 Å². The molecule has 0 aromatic carbocycles. The van der Waals surface area contributed by atoms with Gasteiger partial charge in [0.05, 0.1) is 18.9 Å². The van der Waals surface area contributed by atoms with Gasteiger partial charge in [0, 0.05) is 12.7 Å². The van der Waals surface area contributed by atoms with Crippen LogP contribution in [0.1, 0.15) is 18.2 Å². The van der Waals surface area contributed by atoms with Crippen molar-refractivity contribution in [1.82, 2.24) is 4.98 Å². The highest BCUT2D eigenvalue weighted by Gasteiger charge is 2.42. The quantitative estimate of drug-likeness (QED) is 0.344. The first-order valence-electron chi connectivity index (χ1n) is 5.02. The molecule has 5 heteroatoms. The van der Waals surface area contributed by atoms with Gasteiger partial charge in [0.1, 0.15) is 17.5 Å². The summed E-state index contributed by atoms with van der Waals surface area (Å²) in [6, 6.07) is 3.83. The van der Waals surface area contributed by atoms with Gasteiger partial charge in [0.15, 0.2) is 0 Å². The molecule has 1 aromatic heterocycles. The minimum atomic E-state index is -0.241. The molecule has 0 aliphatic carbocycles. The zero-order chi connectivity index (χ0) is 11.6. The second kappa shape index (κ2) is 4.67. The summed E-state index contributed by atoms with van der Waals surface area (Å²) in [6.45, 7) is 3.35. The minimum absolute atomic E-state index is 0.241. The summed E-state index contributed by atoms with van der Waals surface area (Å²) in [6.07, 6.45) is 0. The minimum Gasteiger partial charge on any atom is -0.363 e. The zero-order valence-electron chi connectivity index (χ0n) is 9.33. The third-order valence-electron chi connectivity index (χ3n) is 2.50. The fourth-order valence-corrected chi connectivity index (χ4v) is 1.57. The Bertz CT molecular complexity index is 379. The number of nitrogens with zero attached hydrogens (tertiary/aromatic N) is 1. The van der Waals surface area contributed by atoms with E-state index in [0.29, 0.717) is 18.4 Å². The molecule has 2 rings (SSSR count). The van der Waals surface area contributed by atoms with E-state index in [1.165, 1.54) is 0 Å². The Morgan fingerprint density at radius 2 is 2.31 bits per heavy atom. The Morgan fingerprint density at radius 3 is 2.88 bits per heavy atom. The molecule has 0 saturated carbocycles. The standard InChI is InChI=1S/C11H14ClNO3/c1-11(6-16-11)9-4-3-8(10(12)13-9)5-15-7-14-2/h3-4H,5-7H2,1-2H3. The molecule has 1 unspecified atom stereocenters. The van der Waals surface area contributed by atoms with Crippen LogP contribution in [0.3, 0.4) is 0 Å². The Hall–Kier alpha value is -0.680. The number of ether oxygens (including phenoxy) is 3. The molecule has 1 aliphatic heterocycles. The molecule has 0 bridgehead atoms. The number of aromatic nitrogens is 1. The molecule has 2 heterocycles. The van der Waals surface area contributed by atoms with E-state index in [9.17, 15) is 0 Å². The van der Waals surface area contributed by atoms with Crippen LogP contribution in [0.25, 0.3) is 0 Å². The van der Waals surface area contributed by atoms with Crippen LogP contribution in [0.2, 0.25) is 5.15 Å². The maximum absolute atomic E-state index is 6.05. The van der Waals surface area contributed by atoms with E-state index in [2.05, 4.69) is 4.98 Å². The normalized spacial score (nSPS) is 23.4. The lowest BCUT2D eigenvalue weighted by atomic mass is 10.1. The largest absolute Gasteiger partial charge is 0.363 e. The summed E-state index contributed by atoms with van der Waals surface area (Å²) in [4.78, 5) is 4.31. The van der Waals surface area contributed by atoms with Crippen LogP contribution in [-0.4, -0.2) is 25.5 Å². The molecular formula is C11H14ClNO3. The molecule has 88 valence electrons. The molecule has 1 atom stereocenters. The van der Waals surface area contributed by atoms with Crippen LogP contribution in [0.5, 0.6) is 0 Å². The monoisotopic (exact) mass is 243 g/mol. The number of rotatable bonds is 5. The molecule has 1 saturated heterocycles. The summed E-state index contributed by atoms with van der Waals surface area (Å²) in [5, 5.41) is 0.463. The van der Waals surface area contributed by atoms with Crippen molar-refractivity contribution in [2.75, 3.05) is 20.5 Å². The summed E-state index contributed by atoms with van der Waals surface area (Å²) in [7, 11) is 1.58. The maximum Gasteiger partial charge on any atom is 0.146 e. The van der Waals surface area contributed by atoms with E-state index in [0.717, 1.165) is 11.3 Å².